The number of aromatic nitrogens is 1. The van der Waals surface area contributed by atoms with E-state index in [-0.39, 0.29) is 17.2 Å². The van der Waals surface area contributed by atoms with Crippen molar-refractivity contribution < 1.29 is 14.8 Å². The molecule has 1 aromatic heterocycles. The van der Waals surface area contributed by atoms with Crippen LogP contribution in [0.2, 0.25) is 0 Å². The molecule has 5 rings (SSSR count). The Kier molecular flexibility index (Phi) is 4.65. The zero-order valence-electron chi connectivity index (χ0n) is 16.5. The number of nitrogens with zero attached hydrogens (tertiary/aromatic N) is 2. The van der Waals surface area contributed by atoms with Crippen LogP contribution in [0.15, 0.2) is 97.2 Å². The van der Waals surface area contributed by atoms with Gasteiger partial charge in [0.1, 0.15) is 5.92 Å². The first-order valence-electron chi connectivity index (χ1n) is 9.91. The maximum absolute atomic E-state index is 13.2. The lowest BCUT2D eigenvalue weighted by Gasteiger charge is -2.28. The van der Waals surface area contributed by atoms with Crippen molar-refractivity contribution in [1.82, 2.24) is 4.98 Å². The van der Waals surface area contributed by atoms with E-state index in [0.29, 0.717) is 10.6 Å². The minimum atomic E-state index is -1.09. The molecule has 4 aromatic rings. The molecular weight excluding hydrogens is 388 g/mol. The van der Waals surface area contributed by atoms with Crippen LogP contribution in [-0.4, -0.2) is 21.9 Å². The van der Waals surface area contributed by atoms with E-state index in [0.717, 1.165) is 22.3 Å². The van der Waals surface area contributed by atoms with Crippen LogP contribution in [0.5, 0.6) is 0 Å². The highest BCUT2D eigenvalue weighted by Gasteiger charge is 2.41. The molecule has 1 unspecified atom stereocenters. The molecular formula is C26H18N2O3. The summed E-state index contributed by atoms with van der Waals surface area (Å²) in [5.74, 6) is -2.20. The van der Waals surface area contributed by atoms with Crippen LogP contribution >= 0.6 is 0 Å². The van der Waals surface area contributed by atoms with Gasteiger partial charge in [-0.05, 0) is 34.4 Å². The molecule has 0 aliphatic carbocycles. The minimum absolute atomic E-state index is 0.0369. The maximum atomic E-state index is 13.2. The summed E-state index contributed by atoms with van der Waals surface area (Å²) in [5, 5.41) is 10.9. The van der Waals surface area contributed by atoms with Crippen LogP contribution in [-0.2, 0) is 4.79 Å². The molecule has 1 aliphatic heterocycles. The molecule has 150 valence electrons. The number of benzene rings is 3. The molecule has 0 saturated carbocycles. The van der Waals surface area contributed by atoms with Gasteiger partial charge in [0.05, 0.1) is 5.56 Å². The first kappa shape index (κ1) is 18.9. The summed E-state index contributed by atoms with van der Waals surface area (Å²) in [7, 11) is 0. The van der Waals surface area contributed by atoms with Crippen LogP contribution in [0, 0.1) is 0 Å². The largest absolute Gasteiger partial charge is 0.293 e. The van der Waals surface area contributed by atoms with E-state index in [4.69, 9.17) is 0 Å². The highest BCUT2D eigenvalue weighted by atomic mass is 16.5. The normalized spacial score (nSPS) is 15.6. The molecule has 0 bridgehead atoms. The minimum Gasteiger partial charge on any atom is -0.293 e. The Morgan fingerprint density at radius 3 is 2.03 bits per heavy atom. The van der Waals surface area contributed by atoms with Gasteiger partial charge in [0.2, 0.25) is 0 Å². The predicted octanol–water partition coefficient (Wildman–Crippen LogP) is 5.12. The summed E-state index contributed by atoms with van der Waals surface area (Å²) < 4.78 is 0. The van der Waals surface area contributed by atoms with Crippen molar-refractivity contribution in [2.45, 2.75) is 5.92 Å². The first-order chi connectivity index (χ1) is 15.1. The fourth-order valence-electron chi connectivity index (χ4n) is 3.91. The van der Waals surface area contributed by atoms with E-state index in [1.807, 2.05) is 60.7 Å². The highest BCUT2D eigenvalue weighted by Crippen LogP contribution is 2.36. The number of amides is 1. The van der Waals surface area contributed by atoms with Crippen molar-refractivity contribution >= 4 is 17.5 Å². The van der Waals surface area contributed by atoms with Crippen LogP contribution in [0.3, 0.4) is 0 Å². The van der Waals surface area contributed by atoms with Crippen molar-refractivity contribution in [2.75, 3.05) is 5.06 Å². The third-order valence-corrected chi connectivity index (χ3v) is 5.49. The standard InChI is InChI=1S/C26H18N2O3/c29-24-22-15-21(20-13-7-12-19(14-20)17-8-3-1-4-9-17)16-27-25(22)28(31)26(30)23(24)18-10-5-2-6-11-18/h1-16,23,31H. The molecule has 0 spiro atoms. The Morgan fingerprint density at radius 2 is 1.32 bits per heavy atom. The second-order valence-electron chi connectivity index (χ2n) is 7.40. The molecule has 0 saturated heterocycles. The Hall–Kier alpha value is -4.09. The van der Waals surface area contributed by atoms with Crippen molar-refractivity contribution in [3.8, 4) is 22.3 Å². The number of Topliss-reactive ketones (excluding diaryl/α,β-unsaturated/α-hetero) is 1. The number of anilines is 1. The molecule has 31 heavy (non-hydrogen) atoms. The summed E-state index contributed by atoms with van der Waals surface area (Å²) in [6.45, 7) is 0. The van der Waals surface area contributed by atoms with Gasteiger partial charge < -0.3 is 0 Å². The summed E-state index contributed by atoms with van der Waals surface area (Å²) in [6.07, 6.45) is 1.57. The average molecular weight is 406 g/mol. The van der Waals surface area contributed by atoms with Crippen LogP contribution in [0.4, 0.5) is 5.82 Å². The predicted molar refractivity (Wildman–Crippen MR) is 118 cm³/mol. The number of ketones is 1. The second-order valence-corrected chi connectivity index (χ2v) is 7.40. The molecule has 3 aromatic carbocycles. The molecule has 5 nitrogen and oxygen atoms in total. The SMILES string of the molecule is O=C1c2cc(-c3cccc(-c4ccccc4)c3)cnc2N(O)C(=O)C1c1ccccc1. The monoisotopic (exact) mass is 406 g/mol. The van der Waals surface area contributed by atoms with E-state index in [1.165, 1.54) is 0 Å². The number of pyridine rings is 1. The van der Waals surface area contributed by atoms with Crippen molar-refractivity contribution in [3.05, 3.63) is 108 Å². The Morgan fingerprint density at radius 1 is 0.710 bits per heavy atom. The number of carbonyl (C=O) groups is 2. The van der Waals surface area contributed by atoms with E-state index in [2.05, 4.69) is 4.98 Å². The van der Waals surface area contributed by atoms with E-state index in [9.17, 15) is 14.8 Å². The van der Waals surface area contributed by atoms with Gasteiger partial charge in [0.25, 0.3) is 5.91 Å². The number of hydroxylamine groups is 1. The maximum Gasteiger partial charge on any atom is 0.267 e. The van der Waals surface area contributed by atoms with Gasteiger partial charge in [-0.1, -0.05) is 78.9 Å². The number of carbonyl (C=O) groups excluding carboxylic acids is 2. The number of fused-ring (bicyclic) bond motifs is 1. The van der Waals surface area contributed by atoms with Gasteiger partial charge in [0.15, 0.2) is 11.6 Å². The number of hydrogen-bond donors (Lipinski definition) is 1. The van der Waals surface area contributed by atoms with E-state index in [1.54, 1.807) is 36.5 Å². The summed E-state index contributed by atoms with van der Waals surface area (Å²) in [4.78, 5) is 30.2. The fraction of sp³-hybridized carbons (Fsp3) is 0.0385. The topological polar surface area (TPSA) is 70.5 Å². The molecule has 0 fully saturated rings. The Bertz CT molecular complexity index is 1290. The van der Waals surface area contributed by atoms with E-state index >= 15 is 0 Å². The zero-order valence-corrected chi connectivity index (χ0v) is 16.5. The van der Waals surface area contributed by atoms with Gasteiger partial charge in [-0.15, -0.1) is 0 Å². The smallest absolute Gasteiger partial charge is 0.267 e. The Labute approximate surface area is 179 Å². The lowest BCUT2D eigenvalue weighted by Crippen LogP contribution is -2.42. The van der Waals surface area contributed by atoms with Gasteiger partial charge in [-0.25, -0.2) is 4.98 Å². The van der Waals surface area contributed by atoms with Crippen LogP contribution in [0.1, 0.15) is 21.8 Å². The highest BCUT2D eigenvalue weighted by molar-refractivity contribution is 6.24. The zero-order chi connectivity index (χ0) is 21.4. The molecule has 1 atom stereocenters. The first-order valence-corrected chi connectivity index (χ1v) is 9.91. The molecule has 1 amide bonds. The lowest BCUT2D eigenvalue weighted by molar-refractivity contribution is -0.124. The fourth-order valence-corrected chi connectivity index (χ4v) is 3.91. The van der Waals surface area contributed by atoms with Crippen molar-refractivity contribution in [1.29, 1.82) is 0 Å². The lowest BCUT2D eigenvalue weighted by atomic mass is 9.86. The summed E-state index contributed by atoms with van der Waals surface area (Å²) in [5.41, 5.74) is 4.52. The number of rotatable bonds is 3. The van der Waals surface area contributed by atoms with Crippen molar-refractivity contribution in [2.24, 2.45) is 0 Å². The summed E-state index contributed by atoms with van der Waals surface area (Å²) >= 11 is 0. The average Bonchev–Trinajstić information content (AvgIpc) is 2.84. The van der Waals surface area contributed by atoms with Gasteiger partial charge in [-0.2, -0.15) is 5.06 Å². The second kappa shape index (κ2) is 7.63. The van der Waals surface area contributed by atoms with Gasteiger partial charge in [0, 0.05) is 11.8 Å². The molecule has 5 heteroatoms. The van der Waals surface area contributed by atoms with Crippen LogP contribution in [0.25, 0.3) is 22.3 Å². The Balaban J connectivity index is 1.58. The molecule has 2 heterocycles. The van der Waals surface area contributed by atoms with Crippen LogP contribution < -0.4 is 5.06 Å². The molecule has 1 N–H and O–H groups in total. The van der Waals surface area contributed by atoms with Gasteiger partial charge >= 0.3 is 0 Å². The van der Waals surface area contributed by atoms with E-state index < -0.39 is 11.8 Å². The summed E-state index contributed by atoms with van der Waals surface area (Å²) in [6, 6.07) is 28.4. The third kappa shape index (κ3) is 3.31. The molecule has 1 aliphatic rings. The van der Waals surface area contributed by atoms with Gasteiger partial charge in [-0.3, -0.25) is 14.8 Å². The quantitative estimate of drug-likeness (QED) is 0.379. The number of hydrogen-bond acceptors (Lipinski definition) is 4. The molecule has 0 radical (unpaired) electrons. The van der Waals surface area contributed by atoms with Crippen molar-refractivity contribution in [3.63, 3.8) is 0 Å². The third-order valence-electron chi connectivity index (χ3n) is 5.49.